The normalized spacial score (nSPS) is 12.0. The van der Waals surface area contributed by atoms with Crippen LogP contribution < -0.4 is 4.90 Å². The number of hydrogen-bond donors (Lipinski definition) is 0. The van der Waals surface area contributed by atoms with E-state index in [-0.39, 0.29) is 0 Å². The Hall–Kier alpha value is -2.55. The van der Waals surface area contributed by atoms with Crippen LogP contribution in [0.2, 0.25) is 5.02 Å². The zero-order valence-corrected chi connectivity index (χ0v) is 16.7. The largest absolute Gasteiger partial charge is 0.308 e. The van der Waals surface area contributed by atoms with Gasteiger partial charge in [-0.2, -0.15) is 0 Å². The fourth-order valence-electron chi connectivity index (χ4n) is 3.79. The molecule has 3 heteroatoms. The quantitative estimate of drug-likeness (QED) is 0.258. The fourth-order valence-corrected chi connectivity index (χ4v) is 4.38. The summed E-state index contributed by atoms with van der Waals surface area (Å²) < 4.78 is 1.00. The molecule has 0 unspecified atom stereocenters. The minimum absolute atomic E-state index is 0.713. The van der Waals surface area contributed by atoms with Crippen LogP contribution in [0.4, 0.5) is 17.1 Å². The second-order valence-corrected chi connectivity index (χ2v) is 7.80. The van der Waals surface area contributed by atoms with Gasteiger partial charge in [0.15, 0.2) is 0 Å². The lowest BCUT2D eigenvalue weighted by Crippen LogP contribution is -2.11. The molecular weight excluding hydrogens is 418 g/mol. The number of nitrogens with zero attached hydrogens (tertiary/aromatic N) is 1. The third-order valence-corrected chi connectivity index (χ3v) is 5.85. The topological polar surface area (TPSA) is 3.24 Å². The number of para-hydroxylation sites is 2. The molecule has 27 heavy (non-hydrogen) atoms. The Balaban J connectivity index is 1.93. The molecular formula is C24H15BrClN. The van der Waals surface area contributed by atoms with Crippen molar-refractivity contribution in [2.45, 2.75) is 0 Å². The molecule has 0 aliphatic carbocycles. The first-order valence-electron chi connectivity index (χ1n) is 8.77. The molecule has 0 spiro atoms. The van der Waals surface area contributed by atoms with E-state index in [4.69, 9.17) is 11.6 Å². The molecule has 1 heterocycles. The van der Waals surface area contributed by atoms with Gasteiger partial charge in [0.1, 0.15) is 0 Å². The molecule has 4 aromatic rings. The molecule has 0 radical (unpaired) electrons. The molecule has 0 bridgehead atoms. The Morgan fingerprint density at radius 2 is 1.04 bits per heavy atom. The van der Waals surface area contributed by atoms with Gasteiger partial charge in [-0.3, -0.25) is 0 Å². The van der Waals surface area contributed by atoms with Gasteiger partial charge in [-0.05, 0) is 57.4 Å². The minimum atomic E-state index is 0.713. The van der Waals surface area contributed by atoms with Crippen LogP contribution in [0.1, 0.15) is 0 Å². The molecule has 1 aliphatic heterocycles. The molecule has 0 atom stereocenters. The predicted octanol–water partition coefficient (Wildman–Crippen LogP) is 8.22. The molecule has 5 rings (SSSR count). The SMILES string of the molecule is Clc1ccc(Br)c(N2c3ccccc3-c3ccccc3-c3ccccc32)c1. The van der Waals surface area contributed by atoms with Crippen molar-refractivity contribution in [1.82, 2.24) is 0 Å². The molecule has 0 saturated carbocycles. The Bertz CT molecular complexity index is 1100. The van der Waals surface area contributed by atoms with Gasteiger partial charge < -0.3 is 4.90 Å². The van der Waals surface area contributed by atoms with Crippen molar-refractivity contribution in [2.75, 3.05) is 4.90 Å². The van der Waals surface area contributed by atoms with E-state index >= 15 is 0 Å². The maximum absolute atomic E-state index is 6.37. The second-order valence-electron chi connectivity index (χ2n) is 6.51. The molecule has 0 N–H and O–H groups in total. The van der Waals surface area contributed by atoms with E-state index in [0.29, 0.717) is 5.02 Å². The lowest BCUT2D eigenvalue weighted by Gasteiger charge is -2.28. The molecule has 1 nitrogen and oxygen atoms in total. The number of rotatable bonds is 1. The third-order valence-electron chi connectivity index (χ3n) is 4.95. The predicted molar refractivity (Wildman–Crippen MR) is 118 cm³/mol. The Labute approximate surface area is 172 Å². The van der Waals surface area contributed by atoms with Crippen LogP contribution in [-0.2, 0) is 0 Å². The number of hydrogen-bond acceptors (Lipinski definition) is 1. The van der Waals surface area contributed by atoms with Crippen molar-refractivity contribution in [3.63, 3.8) is 0 Å². The highest BCUT2D eigenvalue weighted by Crippen LogP contribution is 2.51. The van der Waals surface area contributed by atoms with Crippen molar-refractivity contribution in [3.05, 3.63) is 100 Å². The molecule has 0 fully saturated rings. The van der Waals surface area contributed by atoms with Crippen LogP contribution in [0.15, 0.2) is 95.5 Å². The molecule has 0 aromatic heterocycles. The van der Waals surface area contributed by atoms with Gasteiger partial charge in [0.05, 0.1) is 17.1 Å². The summed E-state index contributed by atoms with van der Waals surface area (Å²) in [5, 5.41) is 0.713. The molecule has 4 aromatic carbocycles. The van der Waals surface area contributed by atoms with Crippen LogP contribution in [-0.4, -0.2) is 0 Å². The number of halogens is 2. The van der Waals surface area contributed by atoms with Crippen LogP contribution in [0.3, 0.4) is 0 Å². The van der Waals surface area contributed by atoms with Crippen LogP contribution >= 0.6 is 27.5 Å². The van der Waals surface area contributed by atoms with Crippen LogP contribution in [0.25, 0.3) is 22.3 Å². The van der Waals surface area contributed by atoms with Gasteiger partial charge in [0, 0.05) is 20.6 Å². The van der Waals surface area contributed by atoms with Gasteiger partial charge >= 0.3 is 0 Å². The van der Waals surface area contributed by atoms with Gasteiger partial charge in [0.2, 0.25) is 0 Å². The van der Waals surface area contributed by atoms with Gasteiger partial charge in [-0.1, -0.05) is 72.3 Å². The van der Waals surface area contributed by atoms with Crippen LogP contribution in [0.5, 0.6) is 0 Å². The summed E-state index contributed by atoms with van der Waals surface area (Å²) in [5.41, 5.74) is 8.18. The highest BCUT2D eigenvalue weighted by Gasteiger charge is 2.26. The average molecular weight is 433 g/mol. The van der Waals surface area contributed by atoms with E-state index in [1.54, 1.807) is 0 Å². The summed E-state index contributed by atoms with van der Waals surface area (Å²) in [6.45, 7) is 0. The van der Waals surface area contributed by atoms with Crippen molar-refractivity contribution >= 4 is 44.6 Å². The smallest absolute Gasteiger partial charge is 0.0619 e. The number of anilines is 3. The first kappa shape index (κ1) is 16.6. The number of fused-ring (bicyclic) bond motifs is 5. The lowest BCUT2D eigenvalue weighted by atomic mass is 9.95. The van der Waals surface area contributed by atoms with Crippen molar-refractivity contribution in [1.29, 1.82) is 0 Å². The summed E-state index contributed by atoms with van der Waals surface area (Å²) >= 11 is 10.1. The van der Waals surface area contributed by atoms with E-state index in [0.717, 1.165) is 21.5 Å². The average Bonchev–Trinajstić information content (AvgIpc) is 2.83. The molecule has 1 aliphatic rings. The zero-order chi connectivity index (χ0) is 18.4. The van der Waals surface area contributed by atoms with Gasteiger partial charge in [0.25, 0.3) is 0 Å². The Morgan fingerprint density at radius 1 is 0.556 bits per heavy atom. The van der Waals surface area contributed by atoms with E-state index < -0.39 is 0 Å². The van der Waals surface area contributed by atoms with Gasteiger partial charge in [-0.15, -0.1) is 0 Å². The first-order valence-corrected chi connectivity index (χ1v) is 9.94. The van der Waals surface area contributed by atoms with E-state index in [1.807, 2.05) is 18.2 Å². The first-order chi connectivity index (χ1) is 13.2. The molecule has 0 saturated heterocycles. The fraction of sp³-hybridized carbons (Fsp3) is 0. The summed E-state index contributed by atoms with van der Waals surface area (Å²) in [7, 11) is 0. The second kappa shape index (κ2) is 6.56. The highest BCUT2D eigenvalue weighted by atomic mass is 79.9. The summed E-state index contributed by atoms with van der Waals surface area (Å²) in [5.74, 6) is 0. The Morgan fingerprint density at radius 3 is 1.59 bits per heavy atom. The van der Waals surface area contributed by atoms with Crippen molar-refractivity contribution < 1.29 is 0 Å². The highest BCUT2D eigenvalue weighted by molar-refractivity contribution is 9.10. The van der Waals surface area contributed by atoms with Crippen molar-refractivity contribution in [3.8, 4) is 22.3 Å². The maximum atomic E-state index is 6.37. The molecule has 0 amide bonds. The van der Waals surface area contributed by atoms with Crippen LogP contribution in [0, 0.1) is 0 Å². The summed E-state index contributed by atoms with van der Waals surface area (Å²) in [6.07, 6.45) is 0. The minimum Gasteiger partial charge on any atom is -0.308 e. The van der Waals surface area contributed by atoms with Gasteiger partial charge in [-0.25, -0.2) is 0 Å². The van der Waals surface area contributed by atoms with Crippen molar-refractivity contribution in [2.24, 2.45) is 0 Å². The monoisotopic (exact) mass is 431 g/mol. The number of benzene rings is 4. The standard InChI is InChI=1S/C24H15BrClN/c25-21-14-13-16(26)15-24(21)27-22-11-5-3-9-19(22)17-7-1-2-8-18(17)20-10-4-6-12-23(20)27/h1-15H. The lowest BCUT2D eigenvalue weighted by molar-refractivity contribution is 1.28. The van der Waals surface area contributed by atoms with E-state index in [9.17, 15) is 0 Å². The van der Waals surface area contributed by atoms with E-state index in [1.165, 1.54) is 22.3 Å². The summed E-state index contributed by atoms with van der Waals surface area (Å²) in [4.78, 5) is 2.29. The maximum Gasteiger partial charge on any atom is 0.0619 e. The zero-order valence-electron chi connectivity index (χ0n) is 14.4. The Kier molecular flexibility index (Phi) is 4.04. The molecule has 130 valence electrons. The van der Waals surface area contributed by atoms with E-state index in [2.05, 4.69) is 93.6 Å². The third kappa shape index (κ3) is 2.68. The summed E-state index contributed by atoms with van der Waals surface area (Å²) in [6, 6.07) is 31.6.